The maximum absolute atomic E-state index is 12.0. The molecule has 1 amide bonds. The van der Waals surface area contributed by atoms with Gasteiger partial charge in [0.15, 0.2) is 0 Å². The Morgan fingerprint density at radius 3 is 2.55 bits per heavy atom. The van der Waals surface area contributed by atoms with Crippen molar-refractivity contribution in [3.05, 3.63) is 0 Å². The highest BCUT2D eigenvalue weighted by atomic mass is 16.6. The van der Waals surface area contributed by atoms with Crippen molar-refractivity contribution in [2.24, 2.45) is 11.8 Å². The zero-order valence-corrected chi connectivity index (χ0v) is 14.8. The van der Waals surface area contributed by atoms with Crippen molar-refractivity contribution >= 4 is 6.09 Å². The number of alkyl carbamates (subject to hydrolysis) is 1. The molecule has 3 unspecified atom stereocenters. The van der Waals surface area contributed by atoms with Crippen LogP contribution in [0, 0.1) is 11.8 Å². The van der Waals surface area contributed by atoms with Gasteiger partial charge < -0.3 is 15.4 Å². The number of amides is 1. The minimum Gasteiger partial charge on any atom is -0.444 e. The summed E-state index contributed by atoms with van der Waals surface area (Å²) in [5, 5.41) is 6.78. The molecule has 128 valence electrons. The number of rotatable bonds is 6. The fraction of sp³-hybridized carbons (Fsp3) is 0.944. The summed E-state index contributed by atoms with van der Waals surface area (Å²) in [5.74, 6) is 1.51. The molecule has 0 bridgehead atoms. The monoisotopic (exact) mass is 310 g/mol. The zero-order chi connectivity index (χ0) is 16.2. The van der Waals surface area contributed by atoms with Gasteiger partial charge >= 0.3 is 6.09 Å². The topological polar surface area (TPSA) is 50.4 Å². The summed E-state index contributed by atoms with van der Waals surface area (Å²) in [4.78, 5) is 12.0. The number of hydrogen-bond acceptors (Lipinski definition) is 3. The first-order chi connectivity index (χ1) is 10.4. The number of ether oxygens (including phenoxy) is 1. The molecule has 0 radical (unpaired) electrons. The smallest absolute Gasteiger partial charge is 0.407 e. The van der Waals surface area contributed by atoms with E-state index in [4.69, 9.17) is 4.74 Å². The Hall–Kier alpha value is -0.770. The van der Waals surface area contributed by atoms with Crippen LogP contribution in [0.3, 0.4) is 0 Å². The Balaban J connectivity index is 1.76. The van der Waals surface area contributed by atoms with Gasteiger partial charge in [-0.15, -0.1) is 0 Å². The largest absolute Gasteiger partial charge is 0.444 e. The van der Waals surface area contributed by atoms with Crippen molar-refractivity contribution < 1.29 is 9.53 Å². The highest BCUT2D eigenvalue weighted by Crippen LogP contribution is 2.33. The summed E-state index contributed by atoms with van der Waals surface area (Å²) >= 11 is 0. The van der Waals surface area contributed by atoms with Gasteiger partial charge in [-0.25, -0.2) is 4.79 Å². The second kappa shape index (κ2) is 7.67. The Bertz CT molecular complexity index is 361. The van der Waals surface area contributed by atoms with Crippen LogP contribution in [0.15, 0.2) is 0 Å². The van der Waals surface area contributed by atoms with Crippen LogP contribution in [0.5, 0.6) is 0 Å². The third kappa shape index (κ3) is 6.15. The van der Waals surface area contributed by atoms with E-state index in [2.05, 4.69) is 17.6 Å². The molecule has 4 heteroatoms. The molecule has 2 aliphatic rings. The van der Waals surface area contributed by atoms with E-state index in [0.29, 0.717) is 12.0 Å². The predicted molar refractivity (Wildman–Crippen MR) is 89.9 cm³/mol. The Kier molecular flexibility index (Phi) is 6.13. The van der Waals surface area contributed by atoms with E-state index in [9.17, 15) is 4.79 Å². The van der Waals surface area contributed by atoms with Gasteiger partial charge in [0.2, 0.25) is 0 Å². The molecule has 2 aliphatic carbocycles. The molecule has 2 rings (SSSR count). The molecule has 22 heavy (non-hydrogen) atoms. The van der Waals surface area contributed by atoms with Crippen LogP contribution in [0.4, 0.5) is 4.79 Å². The Labute approximate surface area is 135 Å². The summed E-state index contributed by atoms with van der Waals surface area (Å²) in [6.45, 7) is 8.90. The van der Waals surface area contributed by atoms with E-state index < -0.39 is 5.60 Å². The molecule has 0 aliphatic heterocycles. The Morgan fingerprint density at radius 2 is 1.95 bits per heavy atom. The van der Waals surface area contributed by atoms with Gasteiger partial charge in [0.1, 0.15) is 5.60 Å². The van der Waals surface area contributed by atoms with E-state index in [0.717, 1.165) is 12.5 Å². The molecule has 0 aromatic rings. The van der Waals surface area contributed by atoms with Crippen LogP contribution in [0.25, 0.3) is 0 Å². The predicted octanol–water partition coefficient (Wildman–Crippen LogP) is 3.85. The lowest BCUT2D eigenvalue weighted by Gasteiger charge is -2.31. The molecule has 4 nitrogen and oxygen atoms in total. The number of nitrogens with one attached hydrogen (secondary N) is 2. The zero-order valence-electron chi connectivity index (χ0n) is 14.8. The lowest BCUT2D eigenvalue weighted by molar-refractivity contribution is 0.0496. The van der Waals surface area contributed by atoms with E-state index >= 15 is 0 Å². The molecular formula is C18H34N2O2. The molecule has 0 saturated heterocycles. The third-order valence-corrected chi connectivity index (χ3v) is 4.88. The van der Waals surface area contributed by atoms with Gasteiger partial charge in [0, 0.05) is 18.6 Å². The van der Waals surface area contributed by atoms with Gasteiger partial charge in [-0.1, -0.05) is 26.2 Å². The second-order valence-electron chi connectivity index (χ2n) is 8.14. The van der Waals surface area contributed by atoms with Crippen molar-refractivity contribution in [1.29, 1.82) is 0 Å². The summed E-state index contributed by atoms with van der Waals surface area (Å²) in [5.41, 5.74) is -0.427. The molecule has 0 heterocycles. The second-order valence-corrected chi connectivity index (χ2v) is 8.14. The molecule has 0 aromatic heterocycles. The number of carbonyl (C=O) groups is 1. The summed E-state index contributed by atoms with van der Waals surface area (Å²) in [6, 6.07) is 0.845. The highest BCUT2D eigenvalue weighted by molar-refractivity contribution is 5.68. The normalized spacial score (nSPS) is 27.3. The molecular weight excluding hydrogens is 276 g/mol. The number of carbonyl (C=O) groups excluding carboxylic acids is 1. The lowest BCUT2D eigenvalue weighted by atomic mass is 9.84. The maximum atomic E-state index is 12.0. The molecule has 0 aromatic carbocycles. The van der Waals surface area contributed by atoms with Crippen LogP contribution in [-0.4, -0.2) is 30.3 Å². The van der Waals surface area contributed by atoms with Gasteiger partial charge in [-0.2, -0.15) is 0 Å². The first-order valence-corrected chi connectivity index (χ1v) is 9.10. The molecule has 3 atom stereocenters. The number of hydrogen-bond donors (Lipinski definition) is 2. The minimum atomic E-state index is -0.427. The standard InChI is InChI=1S/C18H34N2O2/c1-5-13-7-6-8-15(11-13)19-12-16(14-9-10-14)20-17(21)22-18(2,3)4/h13-16,19H,5-12H2,1-4H3,(H,20,21). The van der Waals surface area contributed by atoms with Crippen LogP contribution >= 0.6 is 0 Å². The summed E-state index contributed by atoms with van der Waals surface area (Å²) in [6.07, 6.45) is 8.76. The van der Waals surface area contributed by atoms with Crippen molar-refractivity contribution in [3.63, 3.8) is 0 Å². The van der Waals surface area contributed by atoms with Gasteiger partial charge in [0.05, 0.1) is 0 Å². The fourth-order valence-electron chi connectivity index (χ4n) is 3.43. The van der Waals surface area contributed by atoms with Gasteiger partial charge in [-0.05, 0) is 58.3 Å². The molecule has 2 fully saturated rings. The molecule has 2 saturated carbocycles. The summed E-state index contributed by atoms with van der Waals surface area (Å²) in [7, 11) is 0. The average molecular weight is 310 g/mol. The lowest BCUT2D eigenvalue weighted by Crippen LogP contribution is -2.48. The van der Waals surface area contributed by atoms with Crippen molar-refractivity contribution in [3.8, 4) is 0 Å². The minimum absolute atomic E-state index is 0.219. The summed E-state index contributed by atoms with van der Waals surface area (Å²) < 4.78 is 5.39. The van der Waals surface area contributed by atoms with Crippen molar-refractivity contribution in [2.45, 2.75) is 90.3 Å². The van der Waals surface area contributed by atoms with Crippen LogP contribution in [0.1, 0.15) is 72.6 Å². The molecule has 0 spiro atoms. The maximum Gasteiger partial charge on any atom is 0.407 e. The first-order valence-electron chi connectivity index (χ1n) is 9.10. The third-order valence-electron chi connectivity index (χ3n) is 4.88. The van der Waals surface area contributed by atoms with Gasteiger partial charge in [-0.3, -0.25) is 0 Å². The van der Waals surface area contributed by atoms with Gasteiger partial charge in [0.25, 0.3) is 0 Å². The Morgan fingerprint density at radius 1 is 1.23 bits per heavy atom. The SMILES string of the molecule is CCC1CCCC(NCC(NC(=O)OC(C)(C)C)C2CC2)C1. The van der Waals surface area contributed by atoms with Crippen molar-refractivity contribution in [1.82, 2.24) is 10.6 Å². The first kappa shape index (κ1) is 17.6. The average Bonchev–Trinajstić information content (AvgIpc) is 3.26. The van der Waals surface area contributed by atoms with E-state index in [1.54, 1.807) is 0 Å². The van der Waals surface area contributed by atoms with E-state index in [-0.39, 0.29) is 12.1 Å². The van der Waals surface area contributed by atoms with E-state index in [1.165, 1.54) is 44.9 Å². The van der Waals surface area contributed by atoms with Crippen LogP contribution in [-0.2, 0) is 4.74 Å². The highest BCUT2D eigenvalue weighted by Gasteiger charge is 2.34. The van der Waals surface area contributed by atoms with Crippen LogP contribution < -0.4 is 10.6 Å². The van der Waals surface area contributed by atoms with Crippen molar-refractivity contribution in [2.75, 3.05) is 6.54 Å². The van der Waals surface area contributed by atoms with Crippen LogP contribution in [0.2, 0.25) is 0 Å². The fourth-order valence-corrected chi connectivity index (χ4v) is 3.43. The molecule has 2 N–H and O–H groups in total. The quantitative estimate of drug-likeness (QED) is 0.783. The van der Waals surface area contributed by atoms with E-state index in [1.807, 2.05) is 20.8 Å².